The van der Waals surface area contributed by atoms with Crippen molar-refractivity contribution < 1.29 is 4.74 Å². The highest BCUT2D eigenvalue weighted by Gasteiger charge is 2.25. The Morgan fingerprint density at radius 3 is 2.34 bits per heavy atom. The summed E-state index contributed by atoms with van der Waals surface area (Å²) in [6, 6.07) is 17.7. The van der Waals surface area contributed by atoms with Crippen LogP contribution in [0.3, 0.4) is 0 Å². The van der Waals surface area contributed by atoms with E-state index in [2.05, 4.69) is 92.6 Å². The average molecular weight is 434 g/mol. The third-order valence-corrected chi connectivity index (χ3v) is 6.63. The van der Waals surface area contributed by atoms with Crippen LogP contribution in [0.15, 0.2) is 48.5 Å². The van der Waals surface area contributed by atoms with Crippen molar-refractivity contribution in [2.45, 2.75) is 78.0 Å². The predicted molar refractivity (Wildman–Crippen MR) is 133 cm³/mol. The Morgan fingerprint density at radius 1 is 1.00 bits per heavy atom. The Morgan fingerprint density at radius 2 is 1.69 bits per heavy atom. The number of ether oxygens (including phenoxy) is 1. The van der Waals surface area contributed by atoms with Crippen LogP contribution >= 0.6 is 0 Å². The lowest BCUT2D eigenvalue weighted by atomic mass is 9.86. The molecule has 3 aromatic rings. The lowest BCUT2D eigenvalue weighted by Crippen LogP contribution is -2.33. The van der Waals surface area contributed by atoms with Gasteiger partial charge in [0.05, 0.1) is 23.7 Å². The average Bonchev–Trinajstić information content (AvgIpc) is 3.12. The van der Waals surface area contributed by atoms with E-state index in [4.69, 9.17) is 9.72 Å². The minimum Gasteiger partial charge on any atom is -0.377 e. The van der Waals surface area contributed by atoms with Gasteiger partial charge in [-0.2, -0.15) is 0 Å². The standard InChI is InChI=1S/C28H39N3O/c1-21(2)32-19-18-31-26-9-7-6-8-25(26)29-27(31)23-14-16-30(17-15-23)20-22-10-12-24(13-11-22)28(3,4)5/h6-13,21,23H,14-20H2,1-5H3. The van der Waals surface area contributed by atoms with Gasteiger partial charge < -0.3 is 9.30 Å². The number of likely N-dealkylation sites (tertiary alicyclic amines) is 1. The normalized spacial score (nSPS) is 16.3. The fourth-order valence-electron chi connectivity index (χ4n) is 4.74. The summed E-state index contributed by atoms with van der Waals surface area (Å²) in [5.74, 6) is 1.76. The summed E-state index contributed by atoms with van der Waals surface area (Å²) in [7, 11) is 0. The summed E-state index contributed by atoms with van der Waals surface area (Å²) < 4.78 is 8.27. The summed E-state index contributed by atoms with van der Waals surface area (Å²) in [5, 5.41) is 0. The van der Waals surface area contributed by atoms with E-state index in [1.165, 1.54) is 22.5 Å². The van der Waals surface area contributed by atoms with Gasteiger partial charge in [0.25, 0.3) is 0 Å². The molecule has 1 fully saturated rings. The van der Waals surface area contributed by atoms with E-state index in [1.54, 1.807) is 0 Å². The van der Waals surface area contributed by atoms with Crippen LogP contribution in [0.2, 0.25) is 0 Å². The molecule has 4 heteroatoms. The molecule has 0 amide bonds. The van der Waals surface area contributed by atoms with Crippen molar-refractivity contribution in [3.05, 3.63) is 65.5 Å². The third-order valence-electron chi connectivity index (χ3n) is 6.63. The molecule has 0 atom stereocenters. The van der Waals surface area contributed by atoms with Gasteiger partial charge in [-0.3, -0.25) is 4.90 Å². The Labute approximate surface area is 193 Å². The molecule has 0 bridgehead atoms. The second-order valence-corrected chi connectivity index (χ2v) is 10.5. The molecule has 0 N–H and O–H groups in total. The molecular weight excluding hydrogens is 394 g/mol. The summed E-state index contributed by atoms with van der Waals surface area (Å²) in [6.45, 7) is 15.9. The van der Waals surface area contributed by atoms with Crippen LogP contribution in [0.1, 0.15) is 70.3 Å². The first-order valence-electron chi connectivity index (χ1n) is 12.2. The lowest BCUT2D eigenvalue weighted by molar-refractivity contribution is 0.0724. The van der Waals surface area contributed by atoms with Gasteiger partial charge >= 0.3 is 0 Å². The molecule has 4 rings (SSSR count). The van der Waals surface area contributed by atoms with E-state index in [9.17, 15) is 0 Å². The van der Waals surface area contributed by atoms with E-state index < -0.39 is 0 Å². The zero-order valence-electron chi connectivity index (χ0n) is 20.5. The highest BCUT2D eigenvalue weighted by Crippen LogP contribution is 2.31. The van der Waals surface area contributed by atoms with Crippen LogP contribution in [0.5, 0.6) is 0 Å². The first-order valence-corrected chi connectivity index (χ1v) is 12.2. The molecule has 2 aromatic carbocycles. The molecule has 1 aliphatic rings. The Kier molecular flexibility index (Phi) is 7.02. The van der Waals surface area contributed by atoms with Gasteiger partial charge in [0.15, 0.2) is 0 Å². The van der Waals surface area contributed by atoms with Crippen LogP contribution < -0.4 is 0 Å². The van der Waals surface area contributed by atoms with Gasteiger partial charge in [0.2, 0.25) is 0 Å². The molecule has 4 nitrogen and oxygen atoms in total. The fourth-order valence-corrected chi connectivity index (χ4v) is 4.74. The highest BCUT2D eigenvalue weighted by molar-refractivity contribution is 5.76. The smallest absolute Gasteiger partial charge is 0.113 e. The maximum absolute atomic E-state index is 5.86. The van der Waals surface area contributed by atoms with Crippen molar-refractivity contribution >= 4 is 11.0 Å². The van der Waals surface area contributed by atoms with E-state index in [0.717, 1.165) is 51.1 Å². The van der Waals surface area contributed by atoms with Gasteiger partial charge in [-0.05, 0) is 68.5 Å². The monoisotopic (exact) mass is 433 g/mol. The predicted octanol–water partition coefficient (Wildman–Crippen LogP) is 6.14. The van der Waals surface area contributed by atoms with Gasteiger partial charge in [0, 0.05) is 19.0 Å². The van der Waals surface area contributed by atoms with E-state index in [1.807, 2.05) is 0 Å². The number of nitrogens with zero attached hydrogens (tertiary/aromatic N) is 3. The minimum absolute atomic E-state index is 0.211. The largest absolute Gasteiger partial charge is 0.377 e. The zero-order valence-corrected chi connectivity index (χ0v) is 20.5. The number of imidazole rings is 1. The Hall–Kier alpha value is -2.17. The van der Waals surface area contributed by atoms with Gasteiger partial charge in [0.1, 0.15) is 5.82 Å². The molecule has 2 heterocycles. The summed E-state index contributed by atoms with van der Waals surface area (Å²) in [5.41, 5.74) is 5.36. The van der Waals surface area contributed by atoms with Crippen molar-refractivity contribution in [3.63, 3.8) is 0 Å². The van der Waals surface area contributed by atoms with Gasteiger partial charge in [-0.1, -0.05) is 57.2 Å². The van der Waals surface area contributed by atoms with Crippen molar-refractivity contribution in [2.24, 2.45) is 0 Å². The van der Waals surface area contributed by atoms with Crippen LogP contribution in [-0.4, -0.2) is 40.3 Å². The number of benzene rings is 2. The van der Waals surface area contributed by atoms with Gasteiger partial charge in [-0.25, -0.2) is 4.98 Å². The van der Waals surface area contributed by atoms with Crippen LogP contribution in [-0.2, 0) is 23.2 Å². The molecule has 1 aromatic heterocycles. The first-order chi connectivity index (χ1) is 15.3. The van der Waals surface area contributed by atoms with Crippen LogP contribution in [0.4, 0.5) is 0 Å². The van der Waals surface area contributed by atoms with Gasteiger partial charge in [-0.15, -0.1) is 0 Å². The maximum atomic E-state index is 5.86. The number of fused-ring (bicyclic) bond motifs is 1. The van der Waals surface area contributed by atoms with E-state index in [-0.39, 0.29) is 11.5 Å². The van der Waals surface area contributed by atoms with Crippen molar-refractivity contribution in [2.75, 3.05) is 19.7 Å². The summed E-state index contributed by atoms with van der Waals surface area (Å²) in [4.78, 5) is 7.66. The molecule has 0 aliphatic carbocycles. The molecule has 0 saturated carbocycles. The second kappa shape index (κ2) is 9.76. The molecule has 1 saturated heterocycles. The Balaban J connectivity index is 1.41. The zero-order chi connectivity index (χ0) is 22.7. The molecule has 32 heavy (non-hydrogen) atoms. The number of hydrogen-bond acceptors (Lipinski definition) is 3. The van der Waals surface area contributed by atoms with Crippen LogP contribution in [0, 0.1) is 0 Å². The molecule has 0 unspecified atom stereocenters. The Bertz CT molecular complexity index is 1010. The number of para-hydroxylation sites is 2. The van der Waals surface area contributed by atoms with Crippen molar-refractivity contribution in [1.29, 1.82) is 0 Å². The second-order valence-electron chi connectivity index (χ2n) is 10.5. The number of rotatable bonds is 7. The fraction of sp³-hybridized carbons (Fsp3) is 0.536. The van der Waals surface area contributed by atoms with Crippen molar-refractivity contribution in [1.82, 2.24) is 14.5 Å². The minimum atomic E-state index is 0.211. The molecule has 0 spiro atoms. The third kappa shape index (κ3) is 5.41. The topological polar surface area (TPSA) is 30.3 Å². The van der Waals surface area contributed by atoms with E-state index in [0.29, 0.717) is 5.92 Å². The number of hydrogen-bond donors (Lipinski definition) is 0. The molecular formula is C28H39N3O. The number of aromatic nitrogens is 2. The molecule has 172 valence electrons. The summed E-state index contributed by atoms with van der Waals surface area (Å²) >= 11 is 0. The number of piperidine rings is 1. The van der Waals surface area contributed by atoms with E-state index >= 15 is 0 Å². The molecule has 0 radical (unpaired) electrons. The lowest BCUT2D eigenvalue weighted by Gasteiger charge is -2.32. The molecule has 1 aliphatic heterocycles. The first kappa shape index (κ1) is 23.0. The summed E-state index contributed by atoms with van der Waals surface area (Å²) in [6.07, 6.45) is 2.58. The quantitative estimate of drug-likeness (QED) is 0.448. The van der Waals surface area contributed by atoms with Crippen molar-refractivity contribution in [3.8, 4) is 0 Å². The van der Waals surface area contributed by atoms with Crippen LogP contribution in [0.25, 0.3) is 11.0 Å². The SMILES string of the molecule is CC(C)OCCn1c(C2CCN(Cc3ccc(C(C)(C)C)cc3)CC2)nc2ccccc21. The highest BCUT2D eigenvalue weighted by atomic mass is 16.5. The maximum Gasteiger partial charge on any atom is 0.113 e.